The number of carbonyl (C=O) groups is 1. The van der Waals surface area contributed by atoms with Crippen molar-refractivity contribution >= 4 is 16.7 Å². The van der Waals surface area contributed by atoms with Crippen LogP contribution in [0.3, 0.4) is 0 Å². The number of benzene rings is 2. The fourth-order valence-corrected chi connectivity index (χ4v) is 1.92. The van der Waals surface area contributed by atoms with Crippen LogP contribution >= 0.6 is 0 Å². The van der Waals surface area contributed by atoms with Gasteiger partial charge < -0.3 is 5.11 Å². The lowest BCUT2D eigenvalue weighted by Gasteiger charge is -2.03. The molecule has 0 aromatic heterocycles. The molecule has 2 nitrogen and oxygen atoms in total. The molecule has 2 rings (SSSR count). The van der Waals surface area contributed by atoms with Crippen molar-refractivity contribution in [1.29, 1.82) is 0 Å². The molecule has 0 aliphatic rings. The maximum absolute atomic E-state index is 10.6. The summed E-state index contributed by atoms with van der Waals surface area (Å²) < 4.78 is 0. The Kier molecular flexibility index (Phi) is 3.24. The highest BCUT2D eigenvalue weighted by Crippen LogP contribution is 2.18. The van der Waals surface area contributed by atoms with E-state index in [-0.39, 0.29) is 6.42 Å². The quantitative estimate of drug-likeness (QED) is 0.813. The molecule has 2 heteroatoms. The predicted molar refractivity (Wildman–Crippen MR) is 69.2 cm³/mol. The predicted octanol–water partition coefficient (Wildman–Crippen LogP) is 3.20. The molecule has 0 spiro atoms. The molecule has 86 valence electrons. The van der Waals surface area contributed by atoms with Crippen LogP contribution in [0.15, 0.2) is 49.1 Å². The van der Waals surface area contributed by atoms with Crippen molar-refractivity contribution in [2.24, 2.45) is 0 Å². The summed E-state index contributed by atoms with van der Waals surface area (Å²) in [4.78, 5) is 10.6. The van der Waals surface area contributed by atoms with E-state index in [1.165, 1.54) is 5.56 Å². The first-order valence-electron chi connectivity index (χ1n) is 5.53. The molecule has 0 fully saturated rings. The zero-order chi connectivity index (χ0) is 12.3. The van der Waals surface area contributed by atoms with Gasteiger partial charge in [-0.25, -0.2) is 0 Å². The Morgan fingerprint density at radius 3 is 2.29 bits per heavy atom. The van der Waals surface area contributed by atoms with Crippen LogP contribution in [0, 0.1) is 0 Å². The minimum atomic E-state index is -0.798. The second-order valence-corrected chi connectivity index (χ2v) is 4.08. The molecular formula is C15H14O2. The first kappa shape index (κ1) is 11.4. The molecule has 0 atom stereocenters. The van der Waals surface area contributed by atoms with Gasteiger partial charge >= 0.3 is 5.97 Å². The topological polar surface area (TPSA) is 37.3 Å². The molecule has 2 aromatic carbocycles. The monoisotopic (exact) mass is 226 g/mol. The summed E-state index contributed by atoms with van der Waals surface area (Å²) in [5.74, 6) is -0.798. The Bertz CT molecular complexity index is 570. The van der Waals surface area contributed by atoms with E-state index in [0.717, 1.165) is 22.8 Å². The number of hydrogen-bond donors (Lipinski definition) is 1. The maximum Gasteiger partial charge on any atom is 0.307 e. The van der Waals surface area contributed by atoms with E-state index in [2.05, 4.69) is 18.7 Å². The zero-order valence-electron chi connectivity index (χ0n) is 9.52. The van der Waals surface area contributed by atoms with E-state index in [9.17, 15) is 4.79 Å². The number of hydrogen-bond acceptors (Lipinski definition) is 1. The van der Waals surface area contributed by atoms with Gasteiger partial charge in [-0.1, -0.05) is 42.5 Å². The third-order valence-electron chi connectivity index (χ3n) is 2.70. The van der Waals surface area contributed by atoms with E-state index in [4.69, 9.17) is 5.11 Å². The molecule has 0 heterocycles. The van der Waals surface area contributed by atoms with E-state index in [1.807, 2.05) is 30.3 Å². The lowest BCUT2D eigenvalue weighted by Crippen LogP contribution is -1.99. The molecule has 0 bridgehead atoms. The fraction of sp³-hybridized carbons (Fsp3) is 0.133. The Hall–Kier alpha value is -2.09. The average Bonchev–Trinajstić information content (AvgIpc) is 2.29. The normalized spacial score (nSPS) is 10.4. The zero-order valence-corrected chi connectivity index (χ0v) is 9.52. The van der Waals surface area contributed by atoms with Crippen molar-refractivity contribution in [3.63, 3.8) is 0 Å². The molecule has 0 amide bonds. The molecule has 0 unspecified atom stereocenters. The Labute approximate surface area is 100 Å². The summed E-state index contributed by atoms with van der Waals surface area (Å²) in [5.41, 5.74) is 2.06. The summed E-state index contributed by atoms with van der Waals surface area (Å²) in [6.07, 6.45) is 2.80. The van der Waals surface area contributed by atoms with E-state index < -0.39 is 5.97 Å². The van der Waals surface area contributed by atoms with Gasteiger partial charge in [0.1, 0.15) is 0 Å². The third kappa shape index (κ3) is 2.72. The molecule has 2 aromatic rings. The number of rotatable bonds is 4. The van der Waals surface area contributed by atoms with Crippen LogP contribution in [0.2, 0.25) is 0 Å². The van der Waals surface area contributed by atoms with Crippen molar-refractivity contribution < 1.29 is 9.90 Å². The molecule has 0 saturated heterocycles. The van der Waals surface area contributed by atoms with Crippen LogP contribution in [-0.4, -0.2) is 11.1 Å². The van der Waals surface area contributed by atoms with E-state index >= 15 is 0 Å². The first-order valence-corrected chi connectivity index (χ1v) is 5.53. The molecule has 0 aliphatic heterocycles. The number of fused-ring (bicyclic) bond motifs is 1. The van der Waals surface area contributed by atoms with Gasteiger partial charge in [0.25, 0.3) is 0 Å². The first-order chi connectivity index (χ1) is 8.19. The van der Waals surface area contributed by atoms with Gasteiger partial charge in [0.05, 0.1) is 6.42 Å². The molecular weight excluding hydrogens is 212 g/mol. The van der Waals surface area contributed by atoms with Gasteiger partial charge in [0.15, 0.2) is 0 Å². The molecule has 0 saturated carbocycles. The highest BCUT2D eigenvalue weighted by atomic mass is 16.4. The summed E-state index contributed by atoms with van der Waals surface area (Å²) in [6.45, 7) is 3.72. The van der Waals surface area contributed by atoms with Gasteiger partial charge in [-0.3, -0.25) is 4.79 Å². The SMILES string of the molecule is C=CCc1ccc2cc(CC(=O)O)ccc2c1. The van der Waals surface area contributed by atoms with Crippen LogP contribution in [0.1, 0.15) is 11.1 Å². The summed E-state index contributed by atoms with van der Waals surface area (Å²) in [6, 6.07) is 12.0. The number of aliphatic carboxylic acids is 1. The van der Waals surface area contributed by atoms with Crippen molar-refractivity contribution in [3.05, 3.63) is 60.2 Å². The smallest absolute Gasteiger partial charge is 0.307 e. The summed E-state index contributed by atoms with van der Waals surface area (Å²) in [7, 11) is 0. The van der Waals surface area contributed by atoms with Crippen LogP contribution < -0.4 is 0 Å². The lowest BCUT2D eigenvalue weighted by atomic mass is 10.0. The highest BCUT2D eigenvalue weighted by molar-refractivity contribution is 5.85. The minimum Gasteiger partial charge on any atom is -0.481 e. The van der Waals surface area contributed by atoms with Crippen LogP contribution in [-0.2, 0) is 17.6 Å². The van der Waals surface area contributed by atoms with Crippen molar-refractivity contribution in [3.8, 4) is 0 Å². The van der Waals surface area contributed by atoms with Gasteiger partial charge in [0.2, 0.25) is 0 Å². The molecule has 0 radical (unpaired) electrons. The van der Waals surface area contributed by atoms with Crippen LogP contribution in [0.25, 0.3) is 10.8 Å². The van der Waals surface area contributed by atoms with E-state index in [0.29, 0.717) is 0 Å². The average molecular weight is 226 g/mol. The van der Waals surface area contributed by atoms with Gasteiger partial charge in [-0.05, 0) is 28.3 Å². The fourth-order valence-electron chi connectivity index (χ4n) is 1.92. The Morgan fingerprint density at radius 1 is 1.12 bits per heavy atom. The second kappa shape index (κ2) is 4.83. The third-order valence-corrected chi connectivity index (χ3v) is 2.70. The Morgan fingerprint density at radius 2 is 1.71 bits per heavy atom. The molecule has 0 aliphatic carbocycles. The van der Waals surface area contributed by atoms with Gasteiger partial charge in [0, 0.05) is 0 Å². The summed E-state index contributed by atoms with van der Waals surface area (Å²) in [5, 5.41) is 11.0. The van der Waals surface area contributed by atoms with E-state index in [1.54, 1.807) is 0 Å². The Balaban J connectivity index is 2.39. The maximum atomic E-state index is 10.6. The molecule has 1 N–H and O–H groups in total. The van der Waals surface area contributed by atoms with Crippen molar-refractivity contribution in [1.82, 2.24) is 0 Å². The number of allylic oxidation sites excluding steroid dienone is 1. The van der Waals surface area contributed by atoms with Crippen LogP contribution in [0.4, 0.5) is 0 Å². The highest BCUT2D eigenvalue weighted by Gasteiger charge is 2.02. The lowest BCUT2D eigenvalue weighted by molar-refractivity contribution is -0.136. The summed E-state index contributed by atoms with van der Waals surface area (Å²) >= 11 is 0. The minimum absolute atomic E-state index is 0.0738. The van der Waals surface area contributed by atoms with Crippen molar-refractivity contribution in [2.75, 3.05) is 0 Å². The standard InChI is InChI=1S/C15H14O2/c1-2-3-11-4-6-14-9-12(10-15(16)17)5-7-13(14)8-11/h2,4-9H,1,3,10H2,(H,16,17). The number of carboxylic acids is 1. The van der Waals surface area contributed by atoms with Crippen LogP contribution in [0.5, 0.6) is 0 Å². The van der Waals surface area contributed by atoms with Gasteiger partial charge in [-0.15, -0.1) is 6.58 Å². The van der Waals surface area contributed by atoms with Gasteiger partial charge in [-0.2, -0.15) is 0 Å². The molecule has 17 heavy (non-hydrogen) atoms. The number of carboxylic acid groups (broad SMARTS) is 1. The van der Waals surface area contributed by atoms with Crippen molar-refractivity contribution in [2.45, 2.75) is 12.8 Å². The second-order valence-electron chi connectivity index (χ2n) is 4.08. The largest absolute Gasteiger partial charge is 0.481 e.